The summed E-state index contributed by atoms with van der Waals surface area (Å²) in [5.41, 5.74) is 12.0. The van der Waals surface area contributed by atoms with Crippen molar-refractivity contribution in [2.45, 2.75) is 12.8 Å². The van der Waals surface area contributed by atoms with E-state index < -0.39 is 6.03 Å². The van der Waals surface area contributed by atoms with Crippen molar-refractivity contribution in [2.75, 3.05) is 25.4 Å². The van der Waals surface area contributed by atoms with Crippen LogP contribution >= 0.6 is 15.9 Å². The second-order valence-electron chi connectivity index (χ2n) is 5.28. The Balaban J connectivity index is 2.03. The number of hydrogen-bond acceptors (Lipinski definition) is 3. The zero-order valence-corrected chi connectivity index (χ0v) is 13.2. The summed E-state index contributed by atoms with van der Waals surface area (Å²) in [5, 5.41) is 2.61. The number of anilines is 1. The molecule has 2 rings (SSSR count). The largest absolute Gasteiger partial charge is 0.399 e. The van der Waals surface area contributed by atoms with E-state index in [1.165, 1.54) is 0 Å². The Morgan fingerprint density at radius 2 is 2.14 bits per heavy atom. The Hall–Kier alpha value is -1.76. The number of carbonyl (C=O) groups is 2. The molecule has 0 aromatic heterocycles. The van der Waals surface area contributed by atoms with Gasteiger partial charge in [0.05, 0.1) is 0 Å². The monoisotopic (exact) mass is 354 g/mol. The van der Waals surface area contributed by atoms with Crippen LogP contribution in [0.5, 0.6) is 0 Å². The van der Waals surface area contributed by atoms with Gasteiger partial charge in [-0.2, -0.15) is 0 Å². The summed E-state index contributed by atoms with van der Waals surface area (Å²) in [4.78, 5) is 25.1. The molecular formula is C14H19BrN4O2. The Kier molecular flexibility index (Phi) is 5.06. The van der Waals surface area contributed by atoms with Gasteiger partial charge in [0.1, 0.15) is 0 Å². The maximum Gasteiger partial charge on any atom is 0.312 e. The molecule has 3 amide bonds. The van der Waals surface area contributed by atoms with Crippen molar-refractivity contribution in [3.63, 3.8) is 0 Å². The van der Waals surface area contributed by atoms with Gasteiger partial charge >= 0.3 is 6.03 Å². The van der Waals surface area contributed by atoms with E-state index in [0.29, 0.717) is 24.3 Å². The number of likely N-dealkylation sites (tertiary alicyclic amines) is 1. The number of carbonyl (C=O) groups excluding carboxylic acids is 2. The highest BCUT2D eigenvalue weighted by atomic mass is 79.9. The molecule has 7 heteroatoms. The van der Waals surface area contributed by atoms with Gasteiger partial charge in [-0.3, -0.25) is 4.79 Å². The molecule has 0 saturated carbocycles. The minimum atomic E-state index is -0.529. The van der Waals surface area contributed by atoms with E-state index in [4.69, 9.17) is 11.5 Å². The van der Waals surface area contributed by atoms with Crippen molar-refractivity contribution < 1.29 is 9.59 Å². The summed E-state index contributed by atoms with van der Waals surface area (Å²) in [6, 6.07) is 4.67. The summed E-state index contributed by atoms with van der Waals surface area (Å²) >= 11 is 3.35. The van der Waals surface area contributed by atoms with E-state index in [9.17, 15) is 9.59 Å². The van der Waals surface area contributed by atoms with E-state index in [-0.39, 0.29) is 11.8 Å². The maximum absolute atomic E-state index is 12.5. The number of rotatable bonds is 3. The molecule has 0 bridgehead atoms. The summed E-state index contributed by atoms with van der Waals surface area (Å²) in [6.07, 6.45) is 1.89. The van der Waals surface area contributed by atoms with E-state index in [1.807, 2.05) is 0 Å². The molecule has 1 fully saturated rings. The van der Waals surface area contributed by atoms with Crippen molar-refractivity contribution in [2.24, 2.45) is 11.7 Å². The van der Waals surface area contributed by atoms with Crippen LogP contribution in [0.2, 0.25) is 0 Å². The van der Waals surface area contributed by atoms with E-state index in [2.05, 4.69) is 21.2 Å². The van der Waals surface area contributed by atoms with Crippen molar-refractivity contribution in [3.8, 4) is 0 Å². The Labute approximate surface area is 132 Å². The number of nitrogens with one attached hydrogen (secondary N) is 1. The average Bonchev–Trinajstić information content (AvgIpc) is 2.43. The number of nitrogens with zero attached hydrogens (tertiary/aromatic N) is 1. The number of piperidine rings is 1. The predicted octanol–water partition coefficient (Wildman–Crippen LogP) is 1.55. The fourth-order valence-electron chi connectivity index (χ4n) is 2.58. The molecule has 1 aromatic rings. The molecule has 114 valence electrons. The third-order valence-electron chi connectivity index (χ3n) is 3.54. The molecule has 1 aliphatic rings. The molecule has 1 aliphatic heterocycles. The number of primary amides is 1. The summed E-state index contributed by atoms with van der Waals surface area (Å²) in [5.74, 6) is 0.200. The fourth-order valence-corrected chi connectivity index (χ4v) is 3.09. The smallest absolute Gasteiger partial charge is 0.312 e. The van der Waals surface area contributed by atoms with Crippen LogP contribution in [0.4, 0.5) is 10.5 Å². The lowest BCUT2D eigenvalue weighted by molar-refractivity contribution is 0.0675. The molecule has 0 aliphatic carbocycles. The number of nitrogen functional groups attached to an aromatic ring is 1. The quantitative estimate of drug-likeness (QED) is 0.717. The Bertz CT molecular complexity index is 530. The molecule has 1 aromatic carbocycles. The highest BCUT2D eigenvalue weighted by Crippen LogP contribution is 2.22. The van der Waals surface area contributed by atoms with Gasteiger partial charge in [0.15, 0.2) is 0 Å². The van der Waals surface area contributed by atoms with E-state index in [0.717, 1.165) is 23.9 Å². The van der Waals surface area contributed by atoms with Gasteiger partial charge in [-0.25, -0.2) is 4.79 Å². The second kappa shape index (κ2) is 6.80. The topological polar surface area (TPSA) is 101 Å². The Morgan fingerprint density at radius 3 is 2.81 bits per heavy atom. The van der Waals surface area contributed by atoms with Crippen LogP contribution in [0.3, 0.4) is 0 Å². The lowest BCUT2D eigenvalue weighted by atomic mass is 9.97. The standard InChI is InChI=1S/C14H19BrN4O2/c15-11-4-10(5-12(16)6-11)13(20)19-3-1-2-9(8-19)7-18-14(17)21/h4-6,9H,1-3,7-8,16H2,(H3,17,18,21). The molecule has 1 atom stereocenters. The third-order valence-corrected chi connectivity index (χ3v) is 4.00. The van der Waals surface area contributed by atoms with Crippen LogP contribution in [0, 0.1) is 5.92 Å². The average molecular weight is 355 g/mol. The van der Waals surface area contributed by atoms with Gasteiger partial charge in [0, 0.05) is 35.4 Å². The van der Waals surface area contributed by atoms with Crippen LogP contribution in [-0.2, 0) is 0 Å². The van der Waals surface area contributed by atoms with Crippen LogP contribution < -0.4 is 16.8 Å². The molecule has 1 saturated heterocycles. The maximum atomic E-state index is 12.5. The van der Waals surface area contributed by atoms with Gasteiger partial charge in [-0.15, -0.1) is 0 Å². The molecule has 1 heterocycles. The first-order valence-electron chi connectivity index (χ1n) is 6.84. The number of amides is 3. The molecule has 0 radical (unpaired) electrons. The van der Waals surface area contributed by atoms with Gasteiger partial charge in [0.2, 0.25) is 0 Å². The lowest BCUT2D eigenvalue weighted by Crippen LogP contribution is -2.44. The van der Waals surface area contributed by atoms with Crippen LogP contribution in [0.1, 0.15) is 23.2 Å². The van der Waals surface area contributed by atoms with Gasteiger partial charge < -0.3 is 21.7 Å². The lowest BCUT2D eigenvalue weighted by Gasteiger charge is -2.33. The summed E-state index contributed by atoms with van der Waals surface area (Å²) < 4.78 is 0.787. The normalized spacial score (nSPS) is 18.3. The third kappa shape index (κ3) is 4.35. The molecule has 21 heavy (non-hydrogen) atoms. The summed E-state index contributed by atoms with van der Waals surface area (Å²) in [7, 11) is 0. The first kappa shape index (κ1) is 15.6. The molecule has 6 nitrogen and oxygen atoms in total. The minimum absolute atomic E-state index is 0.0354. The van der Waals surface area contributed by atoms with Crippen molar-refractivity contribution >= 4 is 33.6 Å². The van der Waals surface area contributed by atoms with Gasteiger partial charge in [-0.05, 0) is 37.0 Å². The van der Waals surface area contributed by atoms with Crippen molar-refractivity contribution in [1.29, 1.82) is 0 Å². The van der Waals surface area contributed by atoms with Crippen LogP contribution in [-0.4, -0.2) is 36.5 Å². The number of hydrogen-bond donors (Lipinski definition) is 3. The van der Waals surface area contributed by atoms with E-state index >= 15 is 0 Å². The fraction of sp³-hybridized carbons (Fsp3) is 0.429. The minimum Gasteiger partial charge on any atom is -0.399 e. The van der Waals surface area contributed by atoms with Gasteiger partial charge in [0.25, 0.3) is 5.91 Å². The zero-order valence-electron chi connectivity index (χ0n) is 11.6. The zero-order chi connectivity index (χ0) is 15.4. The SMILES string of the molecule is NC(=O)NCC1CCCN(C(=O)c2cc(N)cc(Br)c2)C1. The number of urea groups is 1. The molecule has 5 N–H and O–H groups in total. The van der Waals surface area contributed by atoms with Crippen molar-refractivity contribution in [3.05, 3.63) is 28.2 Å². The molecule has 0 spiro atoms. The Morgan fingerprint density at radius 1 is 1.38 bits per heavy atom. The highest BCUT2D eigenvalue weighted by molar-refractivity contribution is 9.10. The highest BCUT2D eigenvalue weighted by Gasteiger charge is 2.24. The second-order valence-corrected chi connectivity index (χ2v) is 6.19. The number of nitrogens with two attached hydrogens (primary N) is 2. The van der Waals surface area contributed by atoms with Gasteiger partial charge in [-0.1, -0.05) is 15.9 Å². The predicted molar refractivity (Wildman–Crippen MR) is 84.8 cm³/mol. The van der Waals surface area contributed by atoms with Crippen LogP contribution in [0.15, 0.2) is 22.7 Å². The van der Waals surface area contributed by atoms with Crippen molar-refractivity contribution in [1.82, 2.24) is 10.2 Å². The first-order chi connectivity index (χ1) is 9.95. The molecule has 1 unspecified atom stereocenters. The number of benzene rings is 1. The van der Waals surface area contributed by atoms with E-state index in [1.54, 1.807) is 23.1 Å². The first-order valence-corrected chi connectivity index (χ1v) is 7.63. The molecular weight excluding hydrogens is 336 g/mol. The summed E-state index contributed by atoms with van der Waals surface area (Å²) in [6.45, 7) is 1.84. The van der Waals surface area contributed by atoms with Crippen LogP contribution in [0.25, 0.3) is 0 Å². The number of halogens is 1.